The van der Waals surface area contributed by atoms with Gasteiger partial charge >= 0.3 is 0 Å². The van der Waals surface area contributed by atoms with Gasteiger partial charge in [0.15, 0.2) is 18.1 Å². The van der Waals surface area contributed by atoms with Crippen LogP contribution in [0.1, 0.15) is 36.2 Å². The van der Waals surface area contributed by atoms with Gasteiger partial charge in [0, 0.05) is 18.2 Å². The van der Waals surface area contributed by atoms with Gasteiger partial charge in [0.05, 0.1) is 7.11 Å². The Balaban J connectivity index is 2.27. The monoisotopic (exact) mass is 370 g/mol. The average Bonchev–Trinajstić information content (AvgIpc) is 2.70. The number of primary amides is 1. The highest BCUT2D eigenvalue weighted by Crippen LogP contribution is 2.29. The van der Waals surface area contributed by atoms with Crippen LogP contribution in [0.25, 0.3) is 0 Å². The van der Waals surface area contributed by atoms with Crippen LogP contribution < -0.4 is 15.2 Å². The van der Waals surface area contributed by atoms with Gasteiger partial charge in [-0.25, -0.2) is 0 Å². The van der Waals surface area contributed by atoms with E-state index in [-0.39, 0.29) is 18.6 Å². The molecule has 144 valence electrons. The summed E-state index contributed by atoms with van der Waals surface area (Å²) in [6, 6.07) is 14.9. The Bertz CT molecular complexity index is 777. The Hall–Kier alpha value is -3.02. The number of carbonyl (C=O) groups excluding carboxylic acids is 2. The van der Waals surface area contributed by atoms with Crippen molar-refractivity contribution < 1.29 is 19.1 Å². The van der Waals surface area contributed by atoms with Crippen molar-refractivity contribution in [1.82, 2.24) is 4.90 Å². The molecule has 6 heteroatoms. The predicted octanol–water partition coefficient (Wildman–Crippen LogP) is 3.00. The summed E-state index contributed by atoms with van der Waals surface area (Å²) < 4.78 is 10.6. The summed E-state index contributed by atoms with van der Waals surface area (Å²) in [4.78, 5) is 25.9. The molecule has 2 aromatic carbocycles. The Morgan fingerprint density at radius 2 is 1.81 bits per heavy atom. The van der Waals surface area contributed by atoms with Crippen molar-refractivity contribution in [1.29, 1.82) is 0 Å². The number of hydrogen-bond acceptors (Lipinski definition) is 4. The van der Waals surface area contributed by atoms with Gasteiger partial charge in [-0.15, -0.1) is 0 Å². The van der Waals surface area contributed by atoms with E-state index in [0.717, 1.165) is 12.0 Å². The SMILES string of the molecule is CCC(C)N(Cc1ccccc1)C(=O)c1ccc(OCC(N)=O)c(OC)c1. The molecular weight excluding hydrogens is 344 g/mol. The number of rotatable bonds is 9. The fourth-order valence-corrected chi connectivity index (χ4v) is 2.66. The second-order valence-corrected chi connectivity index (χ2v) is 6.30. The number of ether oxygens (including phenoxy) is 2. The van der Waals surface area contributed by atoms with Crippen molar-refractivity contribution in [3.63, 3.8) is 0 Å². The zero-order valence-electron chi connectivity index (χ0n) is 16.0. The molecule has 0 saturated heterocycles. The maximum Gasteiger partial charge on any atom is 0.255 e. The number of hydrogen-bond donors (Lipinski definition) is 1. The Morgan fingerprint density at radius 1 is 1.11 bits per heavy atom. The zero-order valence-corrected chi connectivity index (χ0v) is 16.0. The minimum absolute atomic E-state index is 0.0782. The van der Waals surface area contributed by atoms with Crippen LogP contribution in [0.5, 0.6) is 11.5 Å². The van der Waals surface area contributed by atoms with E-state index in [1.807, 2.05) is 42.2 Å². The van der Waals surface area contributed by atoms with Crippen molar-refractivity contribution >= 4 is 11.8 Å². The molecule has 0 aliphatic carbocycles. The highest BCUT2D eigenvalue weighted by atomic mass is 16.5. The van der Waals surface area contributed by atoms with E-state index >= 15 is 0 Å². The summed E-state index contributed by atoms with van der Waals surface area (Å²) in [6.07, 6.45) is 0.843. The average molecular weight is 370 g/mol. The summed E-state index contributed by atoms with van der Waals surface area (Å²) in [5, 5.41) is 0. The molecule has 0 aromatic heterocycles. The molecule has 0 aliphatic heterocycles. The molecule has 2 amide bonds. The van der Waals surface area contributed by atoms with Crippen molar-refractivity contribution in [2.45, 2.75) is 32.9 Å². The maximum atomic E-state index is 13.2. The van der Waals surface area contributed by atoms with Gasteiger partial charge in [-0.05, 0) is 37.1 Å². The second-order valence-electron chi connectivity index (χ2n) is 6.30. The van der Waals surface area contributed by atoms with E-state index in [4.69, 9.17) is 15.2 Å². The molecule has 0 heterocycles. The third kappa shape index (κ3) is 5.48. The standard InChI is InChI=1S/C21H26N2O4/c1-4-15(2)23(13-16-8-6-5-7-9-16)21(25)17-10-11-18(19(12-17)26-3)27-14-20(22)24/h5-12,15H,4,13-14H2,1-3H3,(H2,22,24). The summed E-state index contributed by atoms with van der Waals surface area (Å²) in [5.74, 6) is 0.0767. The molecule has 1 unspecified atom stereocenters. The second kappa shape index (κ2) is 9.62. The topological polar surface area (TPSA) is 81.9 Å². The number of benzene rings is 2. The van der Waals surface area contributed by atoms with Crippen molar-refractivity contribution in [2.24, 2.45) is 5.73 Å². The fourth-order valence-electron chi connectivity index (χ4n) is 2.66. The zero-order chi connectivity index (χ0) is 19.8. The lowest BCUT2D eigenvalue weighted by Crippen LogP contribution is -2.37. The number of amides is 2. The van der Waals surface area contributed by atoms with Crippen LogP contribution >= 0.6 is 0 Å². The number of carbonyl (C=O) groups is 2. The first-order valence-corrected chi connectivity index (χ1v) is 8.90. The van der Waals surface area contributed by atoms with Gasteiger partial charge in [0.25, 0.3) is 11.8 Å². The van der Waals surface area contributed by atoms with Gasteiger partial charge in [-0.2, -0.15) is 0 Å². The van der Waals surface area contributed by atoms with E-state index in [9.17, 15) is 9.59 Å². The van der Waals surface area contributed by atoms with Crippen molar-refractivity contribution in [3.05, 3.63) is 59.7 Å². The highest BCUT2D eigenvalue weighted by molar-refractivity contribution is 5.95. The molecule has 0 spiro atoms. The molecule has 0 saturated carbocycles. The Kier molecular flexibility index (Phi) is 7.23. The first-order valence-electron chi connectivity index (χ1n) is 8.90. The third-order valence-corrected chi connectivity index (χ3v) is 4.36. The van der Waals surface area contributed by atoms with Crippen LogP contribution in [0, 0.1) is 0 Å². The lowest BCUT2D eigenvalue weighted by molar-refractivity contribution is -0.119. The molecule has 1 atom stereocenters. The number of nitrogens with zero attached hydrogens (tertiary/aromatic N) is 1. The summed E-state index contributed by atoms with van der Waals surface area (Å²) in [7, 11) is 1.48. The van der Waals surface area contributed by atoms with Crippen LogP contribution in [-0.2, 0) is 11.3 Å². The van der Waals surface area contributed by atoms with Crippen LogP contribution in [0.2, 0.25) is 0 Å². The van der Waals surface area contributed by atoms with E-state index in [1.165, 1.54) is 7.11 Å². The highest BCUT2D eigenvalue weighted by Gasteiger charge is 2.22. The first-order chi connectivity index (χ1) is 13.0. The summed E-state index contributed by atoms with van der Waals surface area (Å²) >= 11 is 0. The molecule has 0 radical (unpaired) electrons. The van der Waals surface area contributed by atoms with Crippen LogP contribution in [-0.4, -0.2) is 36.5 Å². The van der Waals surface area contributed by atoms with E-state index in [1.54, 1.807) is 18.2 Å². The molecule has 27 heavy (non-hydrogen) atoms. The molecular formula is C21H26N2O4. The Morgan fingerprint density at radius 3 is 2.41 bits per heavy atom. The number of nitrogens with two attached hydrogens (primary N) is 1. The lowest BCUT2D eigenvalue weighted by atomic mass is 10.1. The predicted molar refractivity (Wildman–Crippen MR) is 104 cm³/mol. The molecule has 6 nitrogen and oxygen atoms in total. The third-order valence-electron chi connectivity index (χ3n) is 4.36. The van der Waals surface area contributed by atoms with Crippen LogP contribution in [0.4, 0.5) is 0 Å². The Labute approximate surface area is 159 Å². The molecule has 0 bridgehead atoms. The molecule has 0 aliphatic rings. The van der Waals surface area contributed by atoms with Crippen molar-refractivity contribution in [2.75, 3.05) is 13.7 Å². The van der Waals surface area contributed by atoms with Gasteiger partial charge in [-0.1, -0.05) is 37.3 Å². The molecule has 2 rings (SSSR count). The normalized spacial score (nSPS) is 11.5. The van der Waals surface area contributed by atoms with E-state index in [0.29, 0.717) is 23.6 Å². The molecule has 2 aromatic rings. The molecule has 2 N–H and O–H groups in total. The first kappa shape index (κ1) is 20.3. The summed E-state index contributed by atoms with van der Waals surface area (Å²) in [6.45, 7) is 4.35. The maximum absolute atomic E-state index is 13.2. The minimum atomic E-state index is -0.581. The molecule has 0 fully saturated rings. The van der Waals surface area contributed by atoms with Gasteiger partial charge in [0.2, 0.25) is 0 Å². The van der Waals surface area contributed by atoms with Crippen LogP contribution in [0.15, 0.2) is 48.5 Å². The fraction of sp³-hybridized carbons (Fsp3) is 0.333. The van der Waals surface area contributed by atoms with Crippen LogP contribution in [0.3, 0.4) is 0 Å². The van der Waals surface area contributed by atoms with Crippen molar-refractivity contribution in [3.8, 4) is 11.5 Å². The van der Waals surface area contributed by atoms with Gasteiger partial charge in [0.1, 0.15) is 0 Å². The lowest BCUT2D eigenvalue weighted by Gasteiger charge is -2.29. The summed E-state index contributed by atoms with van der Waals surface area (Å²) in [5.41, 5.74) is 6.67. The quantitative estimate of drug-likeness (QED) is 0.736. The number of methoxy groups -OCH3 is 1. The largest absolute Gasteiger partial charge is 0.493 e. The smallest absolute Gasteiger partial charge is 0.255 e. The van der Waals surface area contributed by atoms with Gasteiger partial charge < -0.3 is 20.1 Å². The van der Waals surface area contributed by atoms with E-state index < -0.39 is 5.91 Å². The minimum Gasteiger partial charge on any atom is -0.493 e. The van der Waals surface area contributed by atoms with E-state index in [2.05, 4.69) is 6.92 Å². The van der Waals surface area contributed by atoms with Gasteiger partial charge in [-0.3, -0.25) is 9.59 Å².